The molecule has 0 saturated carbocycles. The van der Waals surface area contributed by atoms with E-state index in [0.29, 0.717) is 6.04 Å². The van der Waals surface area contributed by atoms with Crippen LogP contribution in [0.5, 0.6) is 0 Å². The van der Waals surface area contributed by atoms with Gasteiger partial charge in [-0.25, -0.2) is 0 Å². The molecule has 1 aliphatic heterocycles. The first-order valence-electron chi connectivity index (χ1n) is 6.54. The summed E-state index contributed by atoms with van der Waals surface area (Å²) in [6, 6.07) is 0.499. The molecule has 0 radical (unpaired) electrons. The highest BCUT2D eigenvalue weighted by atomic mass is 16.5. The predicted molar refractivity (Wildman–Crippen MR) is 71.7 cm³/mol. The van der Waals surface area contributed by atoms with Crippen molar-refractivity contribution in [3.05, 3.63) is 0 Å². The quantitative estimate of drug-likeness (QED) is 0.719. The van der Waals surface area contributed by atoms with Crippen LogP contribution in [0.25, 0.3) is 0 Å². The van der Waals surface area contributed by atoms with Crippen molar-refractivity contribution in [1.29, 1.82) is 0 Å². The van der Waals surface area contributed by atoms with Gasteiger partial charge in [0.2, 0.25) is 0 Å². The molecule has 2 N–H and O–H groups in total. The van der Waals surface area contributed by atoms with Crippen LogP contribution < -0.4 is 10.6 Å². The molecule has 1 aliphatic rings. The Kier molecular flexibility index (Phi) is 5.45. The molecular formula is C14H26N2O. The summed E-state index contributed by atoms with van der Waals surface area (Å²) in [5.41, 5.74) is 0.283. The number of nitrogens with one attached hydrogen (secondary N) is 2. The van der Waals surface area contributed by atoms with Gasteiger partial charge in [-0.05, 0) is 12.3 Å². The number of piperazine rings is 1. The number of rotatable bonds is 2. The van der Waals surface area contributed by atoms with E-state index in [2.05, 4.69) is 43.2 Å². The lowest BCUT2D eigenvalue weighted by Gasteiger charge is -2.38. The van der Waals surface area contributed by atoms with Crippen LogP contribution in [0.4, 0.5) is 0 Å². The molecule has 1 fully saturated rings. The standard InChI is InChI=1S/C14H26N2O/c1-6-7-8-11(2)17-13-10-15-12(9-16-13)14(3,4)5/h11-13,15-16H,6,9-10H2,1-5H3/t11-,12?,13?/m1/s1. The van der Waals surface area contributed by atoms with E-state index in [4.69, 9.17) is 4.74 Å². The van der Waals surface area contributed by atoms with Gasteiger partial charge in [0.05, 0.1) is 0 Å². The Labute approximate surface area is 106 Å². The van der Waals surface area contributed by atoms with Crippen LogP contribution in [0.15, 0.2) is 0 Å². The van der Waals surface area contributed by atoms with E-state index >= 15 is 0 Å². The van der Waals surface area contributed by atoms with Crippen molar-refractivity contribution in [2.45, 2.75) is 59.4 Å². The maximum atomic E-state index is 5.81. The number of ether oxygens (including phenoxy) is 1. The molecule has 1 saturated heterocycles. The van der Waals surface area contributed by atoms with Crippen LogP contribution >= 0.6 is 0 Å². The lowest BCUT2D eigenvalue weighted by Crippen LogP contribution is -2.59. The molecule has 0 aliphatic carbocycles. The van der Waals surface area contributed by atoms with E-state index in [1.54, 1.807) is 0 Å². The molecule has 2 unspecified atom stereocenters. The molecule has 98 valence electrons. The molecule has 3 atom stereocenters. The van der Waals surface area contributed by atoms with E-state index in [1.807, 2.05) is 13.8 Å². The Balaban J connectivity index is 2.32. The van der Waals surface area contributed by atoms with Gasteiger partial charge < -0.3 is 10.1 Å². The Hall–Kier alpha value is -0.560. The van der Waals surface area contributed by atoms with E-state index < -0.39 is 0 Å². The van der Waals surface area contributed by atoms with Crippen molar-refractivity contribution in [2.75, 3.05) is 13.1 Å². The van der Waals surface area contributed by atoms with E-state index in [-0.39, 0.29) is 17.7 Å². The molecule has 0 spiro atoms. The minimum Gasteiger partial charge on any atom is -0.346 e. The van der Waals surface area contributed by atoms with Gasteiger partial charge in [-0.1, -0.05) is 33.6 Å². The summed E-state index contributed by atoms with van der Waals surface area (Å²) < 4.78 is 5.81. The molecule has 1 rings (SSSR count). The molecule has 1 heterocycles. The Bertz CT molecular complexity index is 277. The van der Waals surface area contributed by atoms with Crippen molar-refractivity contribution < 1.29 is 4.74 Å². The average Bonchev–Trinajstić information content (AvgIpc) is 2.26. The first-order chi connectivity index (χ1) is 7.93. The molecule has 3 nitrogen and oxygen atoms in total. The van der Waals surface area contributed by atoms with E-state index in [9.17, 15) is 0 Å². The molecule has 3 heteroatoms. The fraction of sp³-hybridized carbons (Fsp3) is 0.857. The average molecular weight is 238 g/mol. The van der Waals surface area contributed by atoms with E-state index in [1.165, 1.54) is 0 Å². The van der Waals surface area contributed by atoms with Crippen LogP contribution in [0.1, 0.15) is 41.0 Å². The van der Waals surface area contributed by atoms with Crippen molar-refractivity contribution in [1.82, 2.24) is 10.6 Å². The summed E-state index contributed by atoms with van der Waals surface area (Å²) in [7, 11) is 0. The van der Waals surface area contributed by atoms with Crippen LogP contribution in [0, 0.1) is 17.3 Å². The maximum absolute atomic E-state index is 5.81. The van der Waals surface area contributed by atoms with Crippen LogP contribution in [0.2, 0.25) is 0 Å². The summed E-state index contributed by atoms with van der Waals surface area (Å²) >= 11 is 0. The largest absolute Gasteiger partial charge is 0.346 e. The lowest BCUT2D eigenvalue weighted by molar-refractivity contribution is -0.0150. The molecule has 0 aromatic heterocycles. The molecular weight excluding hydrogens is 212 g/mol. The van der Waals surface area contributed by atoms with Gasteiger partial charge in [-0.2, -0.15) is 0 Å². The Morgan fingerprint density at radius 2 is 2.00 bits per heavy atom. The zero-order valence-electron chi connectivity index (χ0n) is 11.8. The summed E-state index contributed by atoms with van der Waals surface area (Å²) in [5, 5.41) is 6.97. The normalized spacial score (nSPS) is 27.1. The van der Waals surface area contributed by atoms with Crippen molar-refractivity contribution in [3.63, 3.8) is 0 Å². The monoisotopic (exact) mass is 238 g/mol. The third kappa shape index (κ3) is 5.08. The SMILES string of the molecule is CCC#C[C@@H](C)OC1CNC(C(C)(C)C)CN1. The minimum absolute atomic E-state index is 0.000404. The molecule has 0 aromatic carbocycles. The zero-order chi connectivity index (χ0) is 12.9. The highest BCUT2D eigenvalue weighted by Gasteiger charge is 2.29. The smallest absolute Gasteiger partial charge is 0.122 e. The summed E-state index contributed by atoms with van der Waals surface area (Å²) in [4.78, 5) is 0. The second kappa shape index (κ2) is 6.39. The highest BCUT2D eigenvalue weighted by molar-refractivity contribution is 5.03. The summed E-state index contributed by atoms with van der Waals surface area (Å²) in [6.45, 7) is 12.6. The second-order valence-electron chi connectivity index (χ2n) is 5.68. The van der Waals surface area contributed by atoms with Gasteiger partial charge in [-0.3, -0.25) is 5.32 Å². The number of hydrogen-bond acceptors (Lipinski definition) is 3. The van der Waals surface area contributed by atoms with Gasteiger partial charge in [0.1, 0.15) is 12.3 Å². The van der Waals surface area contributed by atoms with Crippen molar-refractivity contribution in [2.24, 2.45) is 5.41 Å². The van der Waals surface area contributed by atoms with Gasteiger partial charge in [0.15, 0.2) is 0 Å². The third-order valence-electron chi connectivity index (χ3n) is 3.00. The molecule has 17 heavy (non-hydrogen) atoms. The van der Waals surface area contributed by atoms with Gasteiger partial charge >= 0.3 is 0 Å². The minimum atomic E-state index is 0.000404. The lowest BCUT2D eigenvalue weighted by atomic mass is 9.86. The third-order valence-corrected chi connectivity index (χ3v) is 3.00. The summed E-state index contributed by atoms with van der Waals surface area (Å²) in [6.07, 6.45) is 0.964. The number of hydrogen-bond donors (Lipinski definition) is 2. The molecule has 0 aromatic rings. The zero-order valence-corrected chi connectivity index (χ0v) is 11.8. The molecule has 0 amide bonds. The predicted octanol–water partition coefficient (Wildman–Crippen LogP) is 1.74. The van der Waals surface area contributed by atoms with Crippen molar-refractivity contribution >= 4 is 0 Å². The van der Waals surface area contributed by atoms with E-state index in [0.717, 1.165) is 19.5 Å². The highest BCUT2D eigenvalue weighted by Crippen LogP contribution is 2.20. The Morgan fingerprint density at radius 3 is 2.47 bits per heavy atom. The fourth-order valence-electron chi connectivity index (χ4n) is 1.88. The van der Waals surface area contributed by atoms with Crippen LogP contribution in [-0.4, -0.2) is 31.5 Å². The van der Waals surface area contributed by atoms with Crippen LogP contribution in [-0.2, 0) is 4.74 Å². The maximum Gasteiger partial charge on any atom is 0.122 e. The van der Waals surface area contributed by atoms with Gasteiger partial charge in [-0.15, -0.1) is 5.92 Å². The summed E-state index contributed by atoms with van der Waals surface area (Å²) in [5.74, 6) is 6.13. The molecule has 0 bridgehead atoms. The fourth-order valence-corrected chi connectivity index (χ4v) is 1.88. The van der Waals surface area contributed by atoms with Gasteiger partial charge in [0, 0.05) is 25.6 Å². The van der Waals surface area contributed by atoms with Gasteiger partial charge in [0.25, 0.3) is 0 Å². The first-order valence-corrected chi connectivity index (χ1v) is 6.54. The van der Waals surface area contributed by atoms with Crippen molar-refractivity contribution in [3.8, 4) is 11.8 Å². The topological polar surface area (TPSA) is 33.3 Å². The first kappa shape index (κ1) is 14.5. The Morgan fingerprint density at radius 1 is 1.29 bits per heavy atom. The second-order valence-corrected chi connectivity index (χ2v) is 5.68. The van der Waals surface area contributed by atoms with Crippen LogP contribution in [0.3, 0.4) is 0 Å².